The van der Waals surface area contributed by atoms with Crippen LogP contribution in [0.15, 0.2) is 12.1 Å². The van der Waals surface area contributed by atoms with E-state index in [1.54, 1.807) is 6.07 Å². The van der Waals surface area contributed by atoms with Crippen molar-refractivity contribution >= 4 is 23.2 Å². The molecule has 0 amide bonds. The first-order valence-electron chi connectivity index (χ1n) is 7.02. The summed E-state index contributed by atoms with van der Waals surface area (Å²) in [7, 11) is 0. The van der Waals surface area contributed by atoms with E-state index in [1.807, 2.05) is 6.07 Å². The van der Waals surface area contributed by atoms with E-state index in [-0.39, 0.29) is 11.3 Å². The number of phenolic OH excluding ortho intramolecular Hbond substituents is 1. The van der Waals surface area contributed by atoms with Gasteiger partial charge in [-0.25, -0.2) is 0 Å². The van der Waals surface area contributed by atoms with Crippen molar-refractivity contribution in [3.63, 3.8) is 0 Å². The summed E-state index contributed by atoms with van der Waals surface area (Å²) in [6.07, 6.45) is 0. The average molecular weight is 315 g/mol. The molecule has 0 aliphatic carbocycles. The van der Waals surface area contributed by atoms with E-state index in [2.05, 4.69) is 24.1 Å². The van der Waals surface area contributed by atoms with Gasteiger partial charge in [-0.1, -0.05) is 23.2 Å². The smallest absolute Gasteiger partial charge is 0.138 e. The van der Waals surface area contributed by atoms with E-state index in [4.69, 9.17) is 23.2 Å². The fraction of sp³-hybridized carbons (Fsp3) is 0.600. The molecule has 110 valence electrons. The maximum Gasteiger partial charge on any atom is 0.138 e. The second kappa shape index (κ2) is 5.06. The Balaban J connectivity index is 1.85. The molecule has 5 heteroatoms. The summed E-state index contributed by atoms with van der Waals surface area (Å²) in [6.45, 7) is 8.48. The van der Waals surface area contributed by atoms with Gasteiger partial charge in [-0.2, -0.15) is 0 Å². The summed E-state index contributed by atoms with van der Waals surface area (Å²) in [4.78, 5) is 2.44. The first-order valence-corrected chi connectivity index (χ1v) is 7.78. The lowest BCUT2D eigenvalue weighted by Crippen LogP contribution is -2.43. The number of hydrogen-bond donors (Lipinski definition) is 2. The molecule has 3 nitrogen and oxygen atoms in total. The maximum atomic E-state index is 10.1. The molecule has 2 N–H and O–H groups in total. The van der Waals surface area contributed by atoms with Crippen LogP contribution in [0.2, 0.25) is 10.0 Å². The molecule has 3 rings (SSSR count). The van der Waals surface area contributed by atoms with E-state index in [0.29, 0.717) is 28.4 Å². The predicted octanol–water partition coefficient (Wildman–Crippen LogP) is 3.13. The minimum absolute atomic E-state index is 0.120. The summed E-state index contributed by atoms with van der Waals surface area (Å²) in [5.41, 5.74) is 0.929. The quantitative estimate of drug-likeness (QED) is 0.880. The SMILES string of the molecule is CC1(C)C2CNCC2CN1Cc1cc(Cl)cc(Cl)c1O. The predicted molar refractivity (Wildman–Crippen MR) is 82.5 cm³/mol. The third-order valence-corrected chi connectivity index (χ3v) is 5.49. The molecular formula is C15H20Cl2N2O. The maximum absolute atomic E-state index is 10.1. The number of aromatic hydroxyl groups is 1. The number of likely N-dealkylation sites (tertiary alicyclic amines) is 1. The van der Waals surface area contributed by atoms with Gasteiger partial charge in [0.1, 0.15) is 5.75 Å². The Morgan fingerprint density at radius 2 is 2.10 bits per heavy atom. The van der Waals surface area contributed by atoms with E-state index in [0.717, 1.165) is 25.2 Å². The van der Waals surface area contributed by atoms with Crippen LogP contribution in [0.5, 0.6) is 5.75 Å². The van der Waals surface area contributed by atoms with Gasteiger partial charge in [-0.3, -0.25) is 4.90 Å². The standard InChI is InChI=1S/C15H20Cl2N2O/c1-15(2)12-6-18-5-10(12)8-19(15)7-9-3-11(16)4-13(17)14(9)20/h3-4,10,12,18,20H,5-8H2,1-2H3. The summed E-state index contributed by atoms with van der Waals surface area (Å²) in [6, 6.07) is 3.39. The van der Waals surface area contributed by atoms with Crippen molar-refractivity contribution in [2.45, 2.75) is 25.9 Å². The van der Waals surface area contributed by atoms with Crippen molar-refractivity contribution in [3.05, 3.63) is 27.7 Å². The van der Waals surface area contributed by atoms with Gasteiger partial charge in [0.05, 0.1) is 5.02 Å². The van der Waals surface area contributed by atoms with Crippen LogP contribution >= 0.6 is 23.2 Å². The molecule has 2 heterocycles. The summed E-state index contributed by atoms with van der Waals surface area (Å²) < 4.78 is 0. The molecular weight excluding hydrogens is 295 g/mol. The number of rotatable bonds is 2. The summed E-state index contributed by atoms with van der Waals surface area (Å²) in [5, 5.41) is 14.5. The van der Waals surface area contributed by atoms with E-state index >= 15 is 0 Å². The Morgan fingerprint density at radius 3 is 2.80 bits per heavy atom. The number of fused-ring (bicyclic) bond motifs is 1. The highest BCUT2D eigenvalue weighted by molar-refractivity contribution is 6.35. The number of hydrogen-bond acceptors (Lipinski definition) is 3. The summed E-state index contributed by atoms with van der Waals surface area (Å²) in [5.74, 6) is 1.52. The highest BCUT2D eigenvalue weighted by Gasteiger charge is 2.49. The lowest BCUT2D eigenvalue weighted by Gasteiger charge is -2.35. The van der Waals surface area contributed by atoms with Crippen molar-refractivity contribution in [3.8, 4) is 5.75 Å². The van der Waals surface area contributed by atoms with Crippen molar-refractivity contribution < 1.29 is 5.11 Å². The van der Waals surface area contributed by atoms with Gasteiger partial charge in [0.15, 0.2) is 0 Å². The summed E-state index contributed by atoms with van der Waals surface area (Å²) >= 11 is 12.1. The fourth-order valence-corrected chi connectivity index (χ4v) is 4.25. The molecule has 1 aromatic rings. The molecule has 0 spiro atoms. The van der Waals surface area contributed by atoms with Crippen molar-refractivity contribution in [1.29, 1.82) is 0 Å². The molecule has 1 aromatic carbocycles. The second-order valence-corrected chi connectivity index (χ2v) is 7.30. The van der Waals surface area contributed by atoms with Crippen molar-refractivity contribution in [1.82, 2.24) is 10.2 Å². The minimum Gasteiger partial charge on any atom is -0.506 e. The zero-order chi connectivity index (χ0) is 14.5. The number of phenols is 1. The second-order valence-electron chi connectivity index (χ2n) is 6.45. The van der Waals surface area contributed by atoms with Gasteiger partial charge in [0, 0.05) is 35.8 Å². The minimum atomic E-state index is 0.120. The molecule has 0 radical (unpaired) electrons. The number of benzene rings is 1. The third kappa shape index (κ3) is 2.31. The van der Waals surface area contributed by atoms with Crippen molar-refractivity contribution in [2.75, 3.05) is 19.6 Å². The van der Waals surface area contributed by atoms with Crippen molar-refractivity contribution in [2.24, 2.45) is 11.8 Å². The molecule has 2 unspecified atom stereocenters. The first kappa shape index (κ1) is 14.5. The number of nitrogens with zero attached hydrogens (tertiary/aromatic N) is 1. The van der Waals surface area contributed by atoms with E-state index in [9.17, 15) is 5.11 Å². The molecule has 2 saturated heterocycles. The van der Waals surface area contributed by atoms with Gasteiger partial charge >= 0.3 is 0 Å². The zero-order valence-corrected chi connectivity index (χ0v) is 13.3. The molecule has 2 fully saturated rings. The Morgan fingerprint density at radius 1 is 1.35 bits per heavy atom. The average Bonchev–Trinajstić information content (AvgIpc) is 2.90. The highest BCUT2D eigenvalue weighted by atomic mass is 35.5. The van der Waals surface area contributed by atoms with Gasteiger partial charge in [0.25, 0.3) is 0 Å². The Hall–Kier alpha value is -0.480. The fourth-order valence-electron chi connectivity index (χ4n) is 3.72. The van der Waals surface area contributed by atoms with Gasteiger partial charge in [0.2, 0.25) is 0 Å². The molecule has 0 aromatic heterocycles. The molecule has 2 aliphatic rings. The normalized spacial score (nSPS) is 28.8. The topological polar surface area (TPSA) is 35.5 Å². The Labute approximate surface area is 129 Å². The monoisotopic (exact) mass is 314 g/mol. The van der Waals surface area contributed by atoms with Gasteiger partial charge < -0.3 is 10.4 Å². The van der Waals surface area contributed by atoms with Crippen LogP contribution in [0.25, 0.3) is 0 Å². The van der Waals surface area contributed by atoms with Gasteiger partial charge in [-0.15, -0.1) is 0 Å². The Kier molecular flexibility index (Phi) is 3.66. The molecule has 0 saturated carbocycles. The van der Waals surface area contributed by atoms with E-state index < -0.39 is 0 Å². The third-order valence-electron chi connectivity index (χ3n) is 4.99. The zero-order valence-electron chi connectivity index (χ0n) is 11.8. The van der Waals surface area contributed by atoms with Crippen LogP contribution in [0, 0.1) is 11.8 Å². The largest absolute Gasteiger partial charge is 0.506 e. The highest BCUT2D eigenvalue weighted by Crippen LogP contribution is 2.42. The number of nitrogens with one attached hydrogen (secondary N) is 1. The number of halogens is 2. The molecule has 2 aliphatic heterocycles. The van der Waals surface area contributed by atoms with Crippen LogP contribution in [0.3, 0.4) is 0 Å². The van der Waals surface area contributed by atoms with Gasteiger partial charge in [-0.05, 0) is 44.4 Å². The van der Waals surface area contributed by atoms with E-state index in [1.165, 1.54) is 0 Å². The van der Waals surface area contributed by atoms with Crippen LogP contribution in [-0.2, 0) is 6.54 Å². The lowest BCUT2D eigenvalue weighted by molar-refractivity contribution is 0.131. The van der Waals surface area contributed by atoms with Crippen LogP contribution in [0.1, 0.15) is 19.4 Å². The molecule has 20 heavy (non-hydrogen) atoms. The van der Waals surface area contributed by atoms with Crippen LogP contribution in [-0.4, -0.2) is 35.2 Å². The lowest BCUT2D eigenvalue weighted by atomic mass is 9.85. The van der Waals surface area contributed by atoms with Crippen LogP contribution in [0.4, 0.5) is 0 Å². The first-order chi connectivity index (χ1) is 9.39. The molecule has 2 atom stereocenters. The Bertz CT molecular complexity index is 533. The molecule has 0 bridgehead atoms. The van der Waals surface area contributed by atoms with Crippen LogP contribution < -0.4 is 5.32 Å².